The lowest BCUT2D eigenvalue weighted by Crippen LogP contribution is -2.52. The molecule has 0 spiro atoms. The van der Waals surface area contributed by atoms with Gasteiger partial charge in [-0.15, -0.1) is 0 Å². The molecule has 0 saturated carbocycles. The van der Waals surface area contributed by atoms with Crippen LogP contribution in [0.5, 0.6) is 11.5 Å². The maximum atomic E-state index is 6.97. The van der Waals surface area contributed by atoms with Gasteiger partial charge < -0.3 is 14.1 Å². The molecule has 1 aliphatic heterocycles. The molecule has 12 aromatic rings. The lowest BCUT2D eigenvalue weighted by molar-refractivity contribution is 0.487. The van der Waals surface area contributed by atoms with Gasteiger partial charge in [0.05, 0.1) is 0 Å². The van der Waals surface area contributed by atoms with E-state index in [0.717, 1.165) is 66.9 Å². The topological polar surface area (TPSA) is 25.6 Å². The molecule has 288 valence electrons. The Morgan fingerprint density at radius 3 is 1.89 bits per heavy atom. The molecular formula is C58H36BNO2. The Morgan fingerprint density at radius 2 is 1.02 bits per heavy atom. The van der Waals surface area contributed by atoms with Gasteiger partial charge in [0, 0.05) is 44.9 Å². The number of ether oxygens (including phenoxy) is 1. The fourth-order valence-corrected chi connectivity index (χ4v) is 10.2. The molecule has 2 heterocycles. The minimum atomic E-state index is -0.0915. The van der Waals surface area contributed by atoms with Gasteiger partial charge in [0.25, 0.3) is 0 Å². The molecule has 1 aliphatic rings. The first-order valence-corrected chi connectivity index (χ1v) is 21.3. The lowest BCUT2D eigenvalue weighted by atomic mass is 9.36. The van der Waals surface area contributed by atoms with E-state index < -0.39 is 0 Å². The molecule has 11 aromatic carbocycles. The van der Waals surface area contributed by atoms with Crippen molar-refractivity contribution in [3.63, 3.8) is 0 Å². The average Bonchev–Trinajstić information content (AvgIpc) is 3.72. The molecule has 0 bridgehead atoms. The molecule has 3 nitrogen and oxygen atoms in total. The molecule has 0 aliphatic carbocycles. The normalized spacial score (nSPS) is 12.0. The van der Waals surface area contributed by atoms with Crippen molar-refractivity contribution in [2.75, 3.05) is 4.90 Å². The third-order valence-electron chi connectivity index (χ3n) is 12.9. The van der Waals surface area contributed by atoms with Gasteiger partial charge in [0.2, 0.25) is 6.71 Å². The Labute approximate surface area is 358 Å². The van der Waals surface area contributed by atoms with E-state index in [-0.39, 0.29) is 6.71 Å². The standard InChI is InChI=1S/C58H36BNO2/c1-3-17-39(18-4-1)59(52-26-13-25-48-45-23-11-12-27-54(45)62-58(48)52)53-36-50-47-24-14-28-55-57(47)51(35-49(50)43-21-9-10-22-44(43)53)46-32-31-42(34-56(46)61-55)60(40-19-5-2-6-20-40)41-30-29-37-15-7-8-16-38(37)33-41/h1-36H. The minimum Gasteiger partial charge on any atom is -0.457 e. The second-order valence-electron chi connectivity index (χ2n) is 16.4. The second-order valence-corrected chi connectivity index (χ2v) is 16.4. The van der Waals surface area contributed by atoms with Crippen LogP contribution in [0.25, 0.3) is 76.2 Å². The summed E-state index contributed by atoms with van der Waals surface area (Å²) in [4.78, 5) is 2.32. The fourth-order valence-electron chi connectivity index (χ4n) is 10.2. The van der Waals surface area contributed by atoms with Crippen molar-refractivity contribution in [3.8, 4) is 22.6 Å². The first kappa shape index (κ1) is 34.8. The Balaban J connectivity index is 1.03. The van der Waals surface area contributed by atoms with Crippen LogP contribution in [0.1, 0.15) is 0 Å². The van der Waals surface area contributed by atoms with E-state index in [1.807, 2.05) is 6.07 Å². The van der Waals surface area contributed by atoms with Gasteiger partial charge in [-0.3, -0.25) is 0 Å². The number of furan rings is 1. The summed E-state index contributed by atoms with van der Waals surface area (Å²) in [5.41, 5.74) is 10.9. The van der Waals surface area contributed by atoms with Crippen LogP contribution in [0.3, 0.4) is 0 Å². The van der Waals surface area contributed by atoms with Crippen molar-refractivity contribution < 1.29 is 9.15 Å². The zero-order chi connectivity index (χ0) is 40.7. The van der Waals surface area contributed by atoms with Crippen LogP contribution in [0.15, 0.2) is 223 Å². The third-order valence-corrected chi connectivity index (χ3v) is 12.9. The van der Waals surface area contributed by atoms with Crippen LogP contribution in [0, 0.1) is 0 Å². The summed E-state index contributed by atoms with van der Waals surface area (Å²) >= 11 is 0. The predicted octanol–water partition coefficient (Wildman–Crippen LogP) is 14.0. The zero-order valence-electron chi connectivity index (χ0n) is 33.6. The first-order valence-electron chi connectivity index (χ1n) is 21.3. The summed E-state index contributed by atoms with van der Waals surface area (Å²) in [6.07, 6.45) is 0. The molecule has 62 heavy (non-hydrogen) atoms. The van der Waals surface area contributed by atoms with Gasteiger partial charge in [-0.05, 0) is 103 Å². The van der Waals surface area contributed by atoms with Gasteiger partial charge in [0.1, 0.15) is 22.7 Å². The Bertz CT molecular complexity index is 3740. The maximum absolute atomic E-state index is 6.97. The fraction of sp³-hybridized carbons (Fsp3) is 0. The van der Waals surface area contributed by atoms with E-state index in [1.165, 1.54) is 54.2 Å². The van der Waals surface area contributed by atoms with Crippen LogP contribution < -0.4 is 26.0 Å². The number of hydrogen-bond acceptors (Lipinski definition) is 3. The number of benzene rings is 11. The summed E-state index contributed by atoms with van der Waals surface area (Å²) in [7, 11) is 0. The van der Waals surface area contributed by atoms with Crippen molar-refractivity contribution in [2.24, 2.45) is 0 Å². The van der Waals surface area contributed by atoms with Crippen LogP contribution in [0.2, 0.25) is 0 Å². The highest BCUT2D eigenvalue weighted by atomic mass is 16.5. The predicted molar refractivity (Wildman–Crippen MR) is 261 cm³/mol. The number of para-hydroxylation sites is 3. The monoisotopic (exact) mass is 789 g/mol. The van der Waals surface area contributed by atoms with Crippen LogP contribution in [-0.2, 0) is 0 Å². The molecule has 0 amide bonds. The van der Waals surface area contributed by atoms with Gasteiger partial charge in [-0.25, -0.2) is 0 Å². The highest BCUT2D eigenvalue weighted by Crippen LogP contribution is 2.51. The smallest absolute Gasteiger partial charge is 0.246 e. The van der Waals surface area contributed by atoms with E-state index in [4.69, 9.17) is 9.15 Å². The summed E-state index contributed by atoms with van der Waals surface area (Å²) in [5, 5.41) is 11.9. The minimum absolute atomic E-state index is 0.0915. The average molecular weight is 790 g/mol. The van der Waals surface area contributed by atoms with Crippen molar-refractivity contribution in [3.05, 3.63) is 218 Å². The number of rotatable bonds is 6. The molecule has 1 aromatic heterocycles. The van der Waals surface area contributed by atoms with Crippen molar-refractivity contribution in [1.29, 1.82) is 0 Å². The Kier molecular flexibility index (Phi) is 7.70. The second kappa shape index (κ2) is 13.7. The number of anilines is 3. The molecule has 0 atom stereocenters. The quantitative estimate of drug-likeness (QED) is 0.124. The van der Waals surface area contributed by atoms with Gasteiger partial charge in [0.15, 0.2) is 0 Å². The van der Waals surface area contributed by atoms with E-state index in [0.29, 0.717) is 0 Å². The van der Waals surface area contributed by atoms with Gasteiger partial charge in [-0.1, -0.05) is 169 Å². The number of fused-ring (bicyclic) bond motifs is 10. The van der Waals surface area contributed by atoms with Crippen LogP contribution >= 0.6 is 0 Å². The maximum Gasteiger partial charge on any atom is 0.246 e. The summed E-state index contributed by atoms with van der Waals surface area (Å²) in [6, 6.07) is 78.6. The van der Waals surface area contributed by atoms with Gasteiger partial charge in [-0.2, -0.15) is 0 Å². The molecule has 4 heteroatoms. The van der Waals surface area contributed by atoms with Crippen molar-refractivity contribution in [2.45, 2.75) is 0 Å². The third kappa shape index (κ3) is 5.33. The van der Waals surface area contributed by atoms with Crippen LogP contribution in [0.4, 0.5) is 17.1 Å². The molecule has 13 rings (SSSR count). The molecular weight excluding hydrogens is 753 g/mol. The SMILES string of the molecule is c1ccc(B(c2cc3c4cccc5c4c(cc3c3ccccc23)-c2ccc(N(c3ccccc3)c3ccc4ccccc4c3)cc2O5)c2cccc3c2oc2ccccc23)cc1. The first-order chi connectivity index (χ1) is 30.7. The largest absolute Gasteiger partial charge is 0.457 e. The van der Waals surface area contributed by atoms with Crippen molar-refractivity contribution >= 4 is 105 Å². The Morgan fingerprint density at radius 1 is 0.355 bits per heavy atom. The molecule has 0 N–H and O–H groups in total. The summed E-state index contributed by atoms with van der Waals surface area (Å²) in [6.45, 7) is -0.0915. The molecule has 0 fully saturated rings. The van der Waals surface area contributed by atoms with E-state index >= 15 is 0 Å². The summed E-state index contributed by atoms with van der Waals surface area (Å²) < 4.78 is 13.7. The van der Waals surface area contributed by atoms with E-state index in [2.05, 4.69) is 217 Å². The van der Waals surface area contributed by atoms with Gasteiger partial charge >= 0.3 is 0 Å². The van der Waals surface area contributed by atoms with E-state index in [9.17, 15) is 0 Å². The summed E-state index contributed by atoms with van der Waals surface area (Å²) in [5.74, 6) is 1.70. The zero-order valence-corrected chi connectivity index (χ0v) is 33.6. The number of hydrogen-bond donors (Lipinski definition) is 0. The lowest BCUT2D eigenvalue weighted by Gasteiger charge is -2.28. The number of nitrogens with zero attached hydrogens (tertiary/aromatic N) is 1. The molecule has 0 radical (unpaired) electrons. The van der Waals surface area contributed by atoms with Crippen molar-refractivity contribution in [1.82, 2.24) is 0 Å². The van der Waals surface area contributed by atoms with E-state index in [1.54, 1.807) is 0 Å². The highest BCUT2D eigenvalue weighted by Gasteiger charge is 2.30. The molecule has 0 unspecified atom stereocenters. The van der Waals surface area contributed by atoms with Crippen LogP contribution in [-0.4, -0.2) is 6.71 Å². The Hall–Kier alpha value is -8.08. The highest BCUT2D eigenvalue weighted by molar-refractivity contribution is 6.98. The molecule has 0 saturated heterocycles.